The summed E-state index contributed by atoms with van der Waals surface area (Å²) in [6, 6.07) is 9.48. The molecule has 0 atom stereocenters. The van der Waals surface area contributed by atoms with Crippen LogP contribution in [0.3, 0.4) is 0 Å². The maximum absolute atomic E-state index is 12.2. The van der Waals surface area contributed by atoms with Gasteiger partial charge in [0.05, 0.1) is 29.3 Å². The van der Waals surface area contributed by atoms with Gasteiger partial charge in [-0.1, -0.05) is 0 Å². The molecule has 1 aromatic carbocycles. The first-order valence-electron chi connectivity index (χ1n) is 7.38. The Morgan fingerprint density at radius 3 is 2.60 bits per heavy atom. The SMILES string of the molecule is N#Cc1ccc(S(=O)(=O)NCCn2ccc(-c3cnccn3)n2)cc1. The lowest BCUT2D eigenvalue weighted by molar-refractivity contribution is 0.561. The Labute approximate surface area is 144 Å². The molecule has 0 fully saturated rings. The molecule has 0 aliphatic rings. The second kappa shape index (κ2) is 7.21. The highest BCUT2D eigenvalue weighted by Crippen LogP contribution is 2.12. The lowest BCUT2D eigenvalue weighted by Crippen LogP contribution is -2.27. The molecule has 0 saturated carbocycles. The predicted octanol–water partition coefficient (Wildman–Crippen LogP) is 1.19. The van der Waals surface area contributed by atoms with Crippen LogP contribution in [0.1, 0.15) is 5.56 Å². The summed E-state index contributed by atoms with van der Waals surface area (Å²) in [6.45, 7) is 0.555. The molecule has 25 heavy (non-hydrogen) atoms. The molecule has 0 radical (unpaired) electrons. The molecule has 8 nitrogen and oxygen atoms in total. The molecule has 0 saturated heterocycles. The van der Waals surface area contributed by atoms with Crippen molar-refractivity contribution in [1.82, 2.24) is 24.5 Å². The van der Waals surface area contributed by atoms with Crippen molar-refractivity contribution in [3.8, 4) is 17.5 Å². The van der Waals surface area contributed by atoms with Crippen molar-refractivity contribution in [2.45, 2.75) is 11.4 Å². The topological polar surface area (TPSA) is 114 Å². The van der Waals surface area contributed by atoms with Gasteiger partial charge in [0.15, 0.2) is 0 Å². The number of benzene rings is 1. The minimum atomic E-state index is -3.62. The van der Waals surface area contributed by atoms with Crippen LogP contribution in [0.15, 0.2) is 60.0 Å². The number of nitrogens with one attached hydrogen (secondary N) is 1. The summed E-state index contributed by atoms with van der Waals surface area (Å²) >= 11 is 0. The zero-order valence-corrected chi connectivity index (χ0v) is 13.9. The molecule has 2 aromatic heterocycles. The third-order valence-corrected chi connectivity index (χ3v) is 4.87. The predicted molar refractivity (Wildman–Crippen MR) is 89.6 cm³/mol. The molecule has 0 amide bonds. The van der Waals surface area contributed by atoms with Crippen molar-refractivity contribution < 1.29 is 8.42 Å². The van der Waals surface area contributed by atoms with Crippen molar-refractivity contribution >= 4 is 10.0 Å². The fourth-order valence-electron chi connectivity index (χ4n) is 2.14. The third kappa shape index (κ3) is 4.06. The average Bonchev–Trinajstić information content (AvgIpc) is 3.11. The molecule has 0 aliphatic carbocycles. The molecule has 0 spiro atoms. The summed E-state index contributed by atoms with van der Waals surface area (Å²) in [4.78, 5) is 8.27. The lowest BCUT2D eigenvalue weighted by Gasteiger charge is -2.07. The molecule has 0 unspecified atom stereocenters. The molecular formula is C16H14N6O2S. The van der Waals surface area contributed by atoms with E-state index in [1.165, 1.54) is 24.3 Å². The van der Waals surface area contributed by atoms with Crippen LogP contribution < -0.4 is 4.72 Å². The van der Waals surface area contributed by atoms with Gasteiger partial charge in [0.25, 0.3) is 0 Å². The second-order valence-electron chi connectivity index (χ2n) is 5.09. The van der Waals surface area contributed by atoms with E-state index in [-0.39, 0.29) is 11.4 Å². The Balaban J connectivity index is 1.61. The van der Waals surface area contributed by atoms with Crippen molar-refractivity contribution in [3.63, 3.8) is 0 Å². The highest BCUT2D eigenvalue weighted by Gasteiger charge is 2.13. The fraction of sp³-hybridized carbons (Fsp3) is 0.125. The molecule has 3 rings (SSSR count). The van der Waals surface area contributed by atoms with Crippen LogP contribution in [0, 0.1) is 11.3 Å². The number of rotatable bonds is 6. The van der Waals surface area contributed by atoms with E-state index in [0.29, 0.717) is 23.5 Å². The van der Waals surface area contributed by atoms with Crippen molar-refractivity contribution in [1.29, 1.82) is 5.26 Å². The van der Waals surface area contributed by atoms with Crippen LogP contribution in [0.4, 0.5) is 0 Å². The minimum Gasteiger partial charge on any atom is -0.271 e. The van der Waals surface area contributed by atoms with E-state index in [1.807, 2.05) is 6.07 Å². The Bertz CT molecular complexity index is 991. The van der Waals surface area contributed by atoms with Gasteiger partial charge >= 0.3 is 0 Å². The first kappa shape index (κ1) is 16.8. The Hall–Kier alpha value is -3.09. The van der Waals surface area contributed by atoms with E-state index in [0.717, 1.165) is 0 Å². The maximum atomic E-state index is 12.2. The summed E-state index contributed by atoms with van der Waals surface area (Å²) in [5.74, 6) is 0. The smallest absolute Gasteiger partial charge is 0.240 e. The van der Waals surface area contributed by atoms with E-state index in [2.05, 4.69) is 19.8 Å². The second-order valence-corrected chi connectivity index (χ2v) is 6.86. The van der Waals surface area contributed by atoms with Crippen LogP contribution in [0.5, 0.6) is 0 Å². The van der Waals surface area contributed by atoms with Crippen molar-refractivity contribution in [3.05, 3.63) is 60.7 Å². The molecule has 0 bridgehead atoms. The van der Waals surface area contributed by atoms with E-state index in [9.17, 15) is 8.42 Å². The van der Waals surface area contributed by atoms with Gasteiger partial charge in [-0.05, 0) is 30.3 Å². The molecule has 0 aliphatic heterocycles. The first-order valence-corrected chi connectivity index (χ1v) is 8.86. The summed E-state index contributed by atoms with van der Waals surface area (Å²) < 4.78 is 28.6. The van der Waals surface area contributed by atoms with Gasteiger partial charge in [0, 0.05) is 25.1 Å². The number of hydrogen-bond donors (Lipinski definition) is 1. The number of hydrogen-bond acceptors (Lipinski definition) is 6. The first-order chi connectivity index (χ1) is 12.1. The van der Waals surface area contributed by atoms with Gasteiger partial charge in [-0.25, -0.2) is 13.1 Å². The highest BCUT2D eigenvalue weighted by molar-refractivity contribution is 7.89. The maximum Gasteiger partial charge on any atom is 0.240 e. The Morgan fingerprint density at radius 2 is 1.92 bits per heavy atom. The van der Waals surface area contributed by atoms with Gasteiger partial charge in [0.1, 0.15) is 11.4 Å². The Kier molecular flexibility index (Phi) is 4.83. The van der Waals surface area contributed by atoms with Gasteiger partial charge < -0.3 is 0 Å². The van der Waals surface area contributed by atoms with Crippen LogP contribution in [-0.4, -0.2) is 34.7 Å². The van der Waals surface area contributed by atoms with Crippen molar-refractivity contribution in [2.24, 2.45) is 0 Å². The summed E-state index contributed by atoms with van der Waals surface area (Å²) in [5.41, 5.74) is 1.73. The zero-order chi connectivity index (χ0) is 17.7. The minimum absolute atomic E-state index is 0.118. The molecule has 9 heteroatoms. The average molecular weight is 354 g/mol. The largest absolute Gasteiger partial charge is 0.271 e. The van der Waals surface area contributed by atoms with Crippen LogP contribution in [0.2, 0.25) is 0 Å². The number of nitrogens with zero attached hydrogens (tertiary/aromatic N) is 5. The number of sulfonamides is 1. The van der Waals surface area contributed by atoms with Crippen LogP contribution in [-0.2, 0) is 16.6 Å². The molecule has 2 heterocycles. The molecule has 3 aromatic rings. The molecule has 1 N–H and O–H groups in total. The zero-order valence-electron chi connectivity index (χ0n) is 13.1. The van der Waals surface area contributed by atoms with Gasteiger partial charge in [-0.3, -0.25) is 14.6 Å². The number of aromatic nitrogens is 4. The van der Waals surface area contributed by atoms with E-state index in [4.69, 9.17) is 5.26 Å². The van der Waals surface area contributed by atoms with Gasteiger partial charge in [0.2, 0.25) is 10.0 Å². The summed E-state index contributed by atoms with van der Waals surface area (Å²) in [7, 11) is -3.62. The van der Waals surface area contributed by atoms with Gasteiger partial charge in [-0.2, -0.15) is 10.4 Å². The fourth-order valence-corrected chi connectivity index (χ4v) is 3.16. The van der Waals surface area contributed by atoms with Crippen LogP contribution in [0.25, 0.3) is 11.4 Å². The normalized spacial score (nSPS) is 11.2. The third-order valence-electron chi connectivity index (χ3n) is 3.39. The van der Waals surface area contributed by atoms with Crippen molar-refractivity contribution in [2.75, 3.05) is 6.54 Å². The quantitative estimate of drug-likeness (QED) is 0.711. The highest BCUT2D eigenvalue weighted by atomic mass is 32.2. The Morgan fingerprint density at radius 1 is 1.12 bits per heavy atom. The molecule has 126 valence electrons. The van der Waals surface area contributed by atoms with Crippen LogP contribution >= 0.6 is 0 Å². The monoisotopic (exact) mass is 354 g/mol. The standard InChI is InChI=1S/C16H14N6O2S/c17-11-13-1-3-14(4-2-13)25(23,24)20-8-10-22-9-5-15(21-22)16-12-18-6-7-19-16/h1-7,9,12,20H,8,10H2. The lowest BCUT2D eigenvalue weighted by atomic mass is 10.2. The van der Waals surface area contributed by atoms with E-state index in [1.54, 1.807) is 35.5 Å². The molecular weight excluding hydrogens is 340 g/mol. The van der Waals surface area contributed by atoms with Gasteiger partial charge in [-0.15, -0.1) is 0 Å². The van der Waals surface area contributed by atoms with E-state index < -0.39 is 10.0 Å². The summed E-state index contributed by atoms with van der Waals surface area (Å²) in [5, 5.41) is 13.1. The summed E-state index contributed by atoms with van der Waals surface area (Å²) in [6.07, 6.45) is 6.53. The number of nitriles is 1. The van der Waals surface area contributed by atoms with E-state index >= 15 is 0 Å².